The van der Waals surface area contributed by atoms with Gasteiger partial charge in [0.1, 0.15) is 37.9 Å². The highest BCUT2D eigenvalue weighted by Crippen LogP contribution is 2.62. The summed E-state index contributed by atoms with van der Waals surface area (Å²) in [5.74, 6) is 0.662. The summed E-state index contributed by atoms with van der Waals surface area (Å²) in [7, 11) is 1.54. The summed E-state index contributed by atoms with van der Waals surface area (Å²) >= 11 is 0. The predicted octanol–water partition coefficient (Wildman–Crippen LogP) is 7.23. The fourth-order valence-electron chi connectivity index (χ4n) is 10.0. The van der Waals surface area contributed by atoms with Crippen molar-refractivity contribution in [2.75, 3.05) is 73.2 Å². The smallest absolute Gasteiger partial charge is 0.410 e. The monoisotopic (exact) mass is 881 g/mol. The predicted molar refractivity (Wildman–Crippen MR) is 239 cm³/mol. The number of nitrogens with zero attached hydrogens (tertiary/aromatic N) is 3. The first-order chi connectivity index (χ1) is 31.5. The Balaban J connectivity index is 1.23. The Morgan fingerprint density at radius 2 is 1.73 bits per heavy atom. The van der Waals surface area contributed by atoms with Crippen LogP contribution in [0.4, 0.5) is 4.79 Å². The lowest BCUT2D eigenvalue weighted by Gasteiger charge is -2.59. The molecule has 1 saturated heterocycles. The molecule has 6 atom stereocenters. The average Bonchev–Trinajstić information content (AvgIpc) is 4.02. The van der Waals surface area contributed by atoms with Crippen LogP contribution >= 0.6 is 0 Å². The summed E-state index contributed by atoms with van der Waals surface area (Å²) in [6, 6.07) is 20.8. The average molecular weight is 882 g/mol. The van der Waals surface area contributed by atoms with Gasteiger partial charge in [-0.1, -0.05) is 66.5 Å². The number of unbranched alkanes of at least 4 members (excludes halogenated alkanes) is 2. The van der Waals surface area contributed by atoms with Crippen molar-refractivity contribution >= 4 is 11.8 Å². The second-order valence-electron chi connectivity index (χ2n) is 17.1. The number of carbonyl (C=O) groups excluding carboxylic acids is 1. The molecule has 2 N–H and O–H groups in total. The van der Waals surface area contributed by atoms with Crippen LogP contribution in [-0.4, -0.2) is 117 Å². The molecule has 2 fully saturated rings. The Morgan fingerprint density at radius 3 is 2.52 bits per heavy atom. The van der Waals surface area contributed by atoms with Crippen LogP contribution in [0.1, 0.15) is 67.6 Å². The minimum absolute atomic E-state index is 0.0133. The van der Waals surface area contributed by atoms with E-state index in [0.29, 0.717) is 49.0 Å². The van der Waals surface area contributed by atoms with Gasteiger partial charge in [-0.15, -0.1) is 6.58 Å². The van der Waals surface area contributed by atoms with Gasteiger partial charge in [-0.25, -0.2) is 4.79 Å². The van der Waals surface area contributed by atoms with Crippen LogP contribution in [-0.2, 0) is 32.2 Å². The first-order valence-corrected chi connectivity index (χ1v) is 22.9. The molecule has 0 bridgehead atoms. The van der Waals surface area contributed by atoms with Crippen molar-refractivity contribution in [3.8, 4) is 23.0 Å². The molecule has 3 heterocycles. The van der Waals surface area contributed by atoms with Crippen molar-refractivity contribution in [3.63, 3.8) is 0 Å². The maximum absolute atomic E-state index is 14.9. The maximum atomic E-state index is 14.9. The lowest BCUT2D eigenvalue weighted by molar-refractivity contribution is -0.256. The van der Waals surface area contributed by atoms with Crippen molar-refractivity contribution in [1.82, 2.24) is 9.80 Å². The quantitative estimate of drug-likeness (QED) is 0.0405. The summed E-state index contributed by atoms with van der Waals surface area (Å²) in [5, 5.41) is 24.6. The molecule has 1 amide bonds. The van der Waals surface area contributed by atoms with Crippen LogP contribution in [0.25, 0.3) is 0 Å². The van der Waals surface area contributed by atoms with Crippen molar-refractivity contribution in [2.24, 2.45) is 22.9 Å². The van der Waals surface area contributed by atoms with Crippen molar-refractivity contribution in [1.29, 1.82) is 0 Å². The first-order valence-electron chi connectivity index (χ1n) is 22.9. The van der Waals surface area contributed by atoms with Gasteiger partial charge in [0.05, 0.1) is 31.5 Å². The van der Waals surface area contributed by atoms with Gasteiger partial charge in [0.25, 0.3) is 0 Å². The van der Waals surface area contributed by atoms with Crippen LogP contribution in [0.15, 0.2) is 96.2 Å². The number of amides is 1. The van der Waals surface area contributed by atoms with Gasteiger partial charge in [-0.2, -0.15) is 0 Å². The molecule has 14 heteroatoms. The summed E-state index contributed by atoms with van der Waals surface area (Å²) < 4.78 is 44.4. The Bertz CT molecular complexity index is 2090. The third kappa shape index (κ3) is 10.4. The number of benzene rings is 3. The van der Waals surface area contributed by atoms with Gasteiger partial charge < -0.3 is 48.2 Å². The number of rotatable bonds is 24. The summed E-state index contributed by atoms with van der Waals surface area (Å²) in [6.45, 7) is 8.82. The van der Waals surface area contributed by atoms with Crippen LogP contribution < -0.4 is 18.9 Å². The standard InChI is InChI=1S/C50H63N3O11/c1-3-24-63-50-46(53(32-36-15-17-44-45(28-36)62-34-61-44)49(56)60-27-26-58-33-35-11-5-4-6-12-35)31-42(51-57-2)40-29-37(13-7-9-22-54)39(14-8-10-23-55)47(48(40)50)41-30-38(16-18-43(41)64-50)59-25-21-52-19-20-52/h3-6,11-12,15-18,28-30,37,39,46-48,54-55H,1,7-10,13-14,19-27,31-34H2,2H3/t37-,39+,46-,47+,48+,50+/m0/s1. The van der Waals surface area contributed by atoms with Gasteiger partial charge >= 0.3 is 6.09 Å². The van der Waals surface area contributed by atoms with Crippen LogP contribution in [0, 0.1) is 17.8 Å². The minimum Gasteiger partial charge on any atom is -0.492 e. The van der Waals surface area contributed by atoms with Crippen molar-refractivity contribution in [2.45, 2.75) is 75.8 Å². The molecule has 8 rings (SSSR count). The highest BCUT2D eigenvalue weighted by Gasteiger charge is 2.65. The molecule has 5 aliphatic rings. The number of allylic oxidation sites excluding steroid dienone is 1. The number of aliphatic hydroxyl groups is 2. The van der Waals surface area contributed by atoms with E-state index >= 15 is 0 Å². The Hall–Kier alpha value is -5.12. The Morgan fingerprint density at radius 1 is 0.938 bits per heavy atom. The summed E-state index contributed by atoms with van der Waals surface area (Å²) in [6.07, 6.45) is 8.34. The zero-order chi connectivity index (χ0) is 44.3. The lowest BCUT2D eigenvalue weighted by atomic mass is 9.55. The summed E-state index contributed by atoms with van der Waals surface area (Å²) in [5.41, 5.74) is 4.44. The summed E-state index contributed by atoms with van der Waals surface area (Å²) in [4.78, 5) is 24.6. The molecular weight excluding hydrogens is 819 g/mol. The molecule has 2 aliphatic carbocycles. The van der Waals surface area contributed by atoms with Gasteiger partial charge in [0.2, 0.25) is 12.6 Å². The zero-order valence-corrected chi connectivity index (χ0v) is 36.9. The van der Waals surface area contributed by atoms with E-state index in [-0.39, 0.29) is 70.5 Å². The molecule has 0 unspecified atom stereocenters. The molecular formula is C50H63N3O11. The molecule has 14 nitrogen and oxygen atoms in total. The minimum atomic E-state index is -1.46. The molecule has 3 aromatic carbocycles. The topological polar surface area (TPSA) is 150 Å². The van der Waals surface area contributed by atoms with Crippen LogP contribution in [0.2, 0.25) is 0 Å². The van der Waals surface area contributed by atoms with Crippen molar-refractivity contribution < 1.29 is 53.0 Å². The van der Waals surface area contributed by atoms with E-state index in [2.05, 4.69) is 23.6 Å². The third-order valence-corrected chi connectivity index (χ3v) is 13.0. The van der Waals surface area contributed by atoms with E-state index in [1.807, 2.05) is 60.7 Å². The SMILES string of the molecule is C=CCO[C@@]12Oc3ccc(OCCN4CC4)cc3[C@H]3[C@H](CCCCO)[C@@H](CCCCO)C=C(C(=NOC)C[C@@H]1N(Cc1ccc4c(c1)OCO4)C(=O)OCCOCc1ccccc1)[C@H]32. The molecule has 3 aliphatic heterocycles. The molecule has 0 radical (unpaired) electrons. The molecule has 344 valence electrons. The third-order valence-electron chi connectivity index (χ3n) is 13.0. The molecule has 0 spiro atoms. The maximum Gasteiger partial charge on any atom is 0.410 e. The highest BCUT2D eigenvalue weighted by atomic mass is 16.7. The number of ether oxygens (including phenoxy) is 7. The normalized spacial score (nSPS) is 24.5. The van der Waals surface area contributed by atoms with Gasteiger partial charge in [-0.3, -0.25) is 9.80 Å². The van der Waals surface area contributed by atoms with Crippen LogP contribution in [0.5, 0.6) is 23.0 Å². The van der Waals surface area contributed by atoms with E-state index in [9.17, 15) is 15.0 Å². The van der Waals surface area contributed by atoms with E-state index in [0.717, 1.165) is 73.3 Å². The van der Waals surface area contributed by atoms with Crippen molar-refractivity contribution in [3.05, 3.63) is 108 Å². The molecule has 1 saturated carbocycles. The second-order valence-corrected chi connectivity index (χ2v) is 17.1. The van der Waals surface area contributed by atoms with E-state index in [4.69, 9.17) is 43.2 Å². The number of carbonyl (C=O) groups is 1. The molecule has 0 aromatic heterocycles. The lowest BCUT2D eigenvalue weighted by Crippen LogP contribution is -2.70. The fraction of sp³-hybridized carbons (Fsp3) is 0.520. The van der Waals surface area contributed by atoms with Gasteiger partial charge in [-0.05, 0) is 84.6 Å². The molecule has 64 heavy (non-hydrogen) atoms. The highest BCUT2D eigenvalue weighted by molar-refractivity contribution is 6.03. The number of hydrogen-bond donors (Lipinski definition) is 2. The number of hydrogen-bond acceptors (Lipinski definition) is 13. The van der Waals surface area contributed by atoms with E-state index in [1.54, 1.807) is 11.0 Å². The number of oxime groups is 1. The van der Waals surface area contributed by atoms with Gasteiger partial charge in [0, 0.05) is 57.3 Å². The van der Waals surface area contributed by atoms with E-state index < -0.39 is 23.8 Å². The molecule has 3 aromatic rings. The zero-order valence-electron chi connectivity index (χ0n) is 36.9. The van der Waals surface area contributed by atoms with Crippen LogP contribution in [0.3, 0.4) is 0 Å². The second kappa shape index (κ2) is 21.7. The van der Waals surface area contributed by atoms with Gasteiger partial charge in [0.15, 0.2) is 11.5 Å². The first kappa shape index (κ1) is 45.4. The Labute approximate surface area is 376 Å². The number of aliphatic hydroxyl groups excluding tert-OH is 2. The Kier molecular flexibility index (Phi) is 15.4. The fourth-order valence-corrected chi connectivity index (χ4v) is 10.0. The largest absolute Gasteiger partial charge is 0.492 e. The number of fused-ring (bicyclic) bond motifs is 3. The van der Waals surface area contributed by atoms with E-state index in [1.165, 1.54) is 7.11 Å².